The maximum Gasteiger partial charge on any atom is 0.241 e. The quantitative estimate of drug-likeness (QED) is 0.894. The SMILES string of the molecule is O=C1NCCCCC1NS(=O)(=O)c1ccc(-c2ccccc2)cc1. The summed E-state index contributed by atoms with van der Waals surface area (Å²) in [5.74, 6) is -0.253. The van der Waals surface area contributed by atoms with Crippen molar-refractivity contribution in [3.8, 4) is 11.1 Å². The van der Waals surface area contributed by atoms with Gasteiger partial charge >= 0.3 is 0 Å². The predicted molar refractivity (Wildman–Crippen MR) is 92.8 cm³/mol. The predicted octanol–water partition coefficient (Wildman–Crippen LogP) is 2.30. The van der Waals surface area contributed by atoms with Gasteiger partial charge in [0.05, 0.1) is 4.90 Å². The molecule has 1 amide bonds. The summed E-state index contributed by atoms with van der Waals surface area (Å²) in [6, 6.07) is 15.7. The van der Waals surface area contributed by atoms with Crippen molar-refractivity contribution in [2.45, 2.75) is 30.2 Å². The fourth-order valence-electron chi connectivity index (χ4n) is 2.76. The molecular weight excluding hydrogens is 324 g/mol. The van der Waals surface area contributed by atoms with Crippen molar-refractivity contribution in [3.05, 3.63) is 54.6 Å². The Kier molecular flexibility index (Phi) is 4.97. The number of hydrogen-bond donors (Lipinski definition) is 2. The summed E-state index contributed by atoms with van der Waals surface area (Å²) in [5, 5.41) is 2.73. The summed E-state index contributed by atoms with van der Waals surface area (Å²) in [6.07, 6.45) is 2.21. The van der Waals surface area contributed by atoms with Gasteiger partial charge < -0.3 is 5.32 Å². The van der Waals surface area contributed by atoms with Crippen LogP contribution in [-0.2, 0) is 14.8 Å². The number of sulfonamides is 1. The first-order chi connectivity index (χ1) is 11.6. The van der Waals surface area contributed by atoms with Crippen LogP contribution >= 0.6 is 0 Å². The third kappa shape index (κ3) is 3.83. The molecule has 0 radical (unpaired) electrons. The van der Waals surface area contributed by atoms with E-state index in [0.717, 1.165) is 24.0 Å². The highest BCUT2D eigenvalue weighted by Gasteiger charge is 2.26. The molecule has 3 rings (SSSR count). The van der Waals surface area contributed by atoms with E-state index >= 15 is 0 Å². The summed E-state index contributed by atoms with van der Waals surface area (Å²) >= 11 is 0. The molecule has 1 atom stereocenters. The first-order valence-electron chi connectivity index (χ1n) is 8.02. The van der Waals surface area contributed by atoms with Gasteiger partial charge in [-0.25, -0.2) is 8.42 Å². The van der Waals surface area contributed by atoms with Gasteiger partial charge in [0.1, 0.15) is 6.04 Å². The van der Waals surface area contributed by atoms with Crippen LogP contribution in [0.15, 0.2) is 59.5 Å². The fraction of sp³-hybridized carbons (Fsp3) is 0.278. The molecule has 1 fully saturated rings. The lowest BCUT2D eigenvalue weighted by Crippen LogP contribution is -2.45. The van der Waals surface area contributed by atoms with E-state index in [1.165, 1.54) is 0 Å². The van der Waals surface area contributed by atoms with Crippen LogP contribution in [0, 0.1) is 0 Å². The van der Waals surface area contributed by atoms with Crippen LogP contribution in [0.1, 0.15) is 19.3 Å². The lowest BCUT2D eigenvalue weighted by Gasteiger charge is -2.15. The van der Waals surface area contributed by atoms with Gasteiger partial charge in [0.25, 0.3) is 0 Å². The van der Waals surface area contributed by atoms with Crippen molar-refractivity contribution in [2.24, 2.45) is 0 Å². The first kappa shape index (κ1) is 16.7. The largest absolute Gasteiger partial charge is 0.355 e. The molecule has 0 bridgehead atoms. The molecule has 2 aromatic carbocycles. The molecule has 1 heterocycles. The highest BCUT2D eigenvalue weighted by molar-refractivity contribution is 7.89. The Hall–Kier alpha value is -2.18. The van der Waals surface area contributed by atoms with Crippen molar-refractivity contribution in [1.82, 2.24) is 10.0 Å². The van der Waals surface area contributed by atoms with E-state index in [4.69, 9.17) is 0 Å². The van der Waals surface area contributed by atoms with Crippen LogP contribution in [0.3, 0.4) is 0 Å². The van der Waals surface area contributed by atoms with Crippen molar-refractivity contribution in [3.63, 3.8) is 0 Å². The second-order valence-corrected chi connectivity index (χ2v) is 7.57. The van der Waals surface area contributed by atoms with Gasteiger partial charge in [-0.3, -0.25) is 4.79 Å². The summed E-state index contributed by atoms with van der Waals surface area (Å²) in [7, 11) is -3.72. The molecule has 126 valence electrons. The number of nitrogens with one attached hydrogen (secondary N) is 2. The average Bonchev–Trinajstić information content (AvgIpc) is 2.80. The zero-order valence-corrected chi connectivity index (χ0v) is 14.1. The van der Waals surface area contributed by atoms with Gasteiger partial charge in [0.15, 0.2) is 0 Å². The van der Waals surface area contributed by atoms with E-state index in [1.807, 2.05) is 30.3 Å². The van der Waals surface area contributed by atoms with Crippen molar-refractivity contribution < 1.29 is 13.2 Å². The van der Waals surface area contributed by atoms with Crippen LogP contribution in [0.2, 0.25) is 0 Å². The Morgan fingerprint density at radius 3 is 2.29 bits per heavy atom. The Labute approximate surface area is 142 Å². The maximum atomic E-state index is 12.5. The standard InChI is InChI=1S/C18H20N2O3S/c21-18-17(8-4-5-13-19-18)20-24(22,23)16-11-9-15(10-12-16)14-6-2-1-3-7-14/h1-3,6-7,9-12,17,20H,4-5,8,13H2,(H,19,21). The number of rotatable bonds is 4. The normalized spacial score (nSPS) is 18.7. The fourth-order valence-corrected chi connectivity index (χ4v) is 3.99. The van der Waals surface area contributed by atoms with Gasteiger partial charge in [0.2, 0.25) is 15.9 Å². The zero-order valence-electron chi connectivity index (χ0n) is 13.2. The Bertz CT molecular complexity index is 802. The molecule has 0 spiro atoms. The Balaban J connectivity index is 1.78. The maximum absolute atomic E-state index is 12.5. The molecule has 0 aliphatic carbocycles. The Morgan fingerprint density at radius 2 is 1.58 bits per heavy atom. The van der Waals surface area contributed by atoms with Gasteiger partial charge in [-0.05, 0) is 42.5 Å². The molecule has 1 aliphatic rings. The molecule has 2 aromatic rings. The molecule has 2 N–H and O–H groups in total. The van der Waals surface area contributed by atoms with Gasteiger partial charge in [-0.1, -0.05) is 42.5 Å². The number of carbonyl (C=O) groups is 1. The lowest BCUT2D eigenvalue weighted by atomic mass is 10.1. The van der Waals surface area contributed by atoms with Gasteiger partial charge in [-0.15, -0.1) is 0 Å². The van der Waals surface area contributed by atoms with Crippen LogP contribution in [-0.4, -0.2) is 26.9 Å². The van der Waals surface area contributed by atoms with Crippen LogP contribution in [0.25, 0.3) is 11.1 Å². The topological polar surface area (TPSA) is 75.3 Å². The van der Waals surface area contributed by atoms with Crippen molar-refractivity contribution >= 4 is 15.9 Å². The highest BCUT2D eigenvalue weighted by atomic mass is 32.2. The minimum absolute atomic E-state index is 0.166. The number of carbonyl (C=O) groups excluding carboxylic acids is 1. The minimum Gasteiger partial charge on any atom is -0.355 e. The third-order valence-corrected chi connectivity index (χ3v) is 5.59. The third-order valence-electron chi connectivity index (χ3n) is 4.10. The van der Waals surface area contributed by atoms with Crippen LogP contribution in [0.5, 0.6) is 0 Å². The van der Waals surface area contributed by atoms with Crippen LogP contribution < -0.4 is 10.0 Å². The molecular formula is C18H20N2O3S. The van der Waals surface area contributed by atoms with Crippen molar-refractivity contribution in [2.75, 3.05) is 6.54 Å². The second-order valence-electron chi connectivity index (χ2n) is 5.85. The summed E-state index contributed by atoms with van der Waals surface area (Å²) in [5.41, 5.74) is 1.97. The van der Waals surface area contributed by atoms with E-state index in [1.54, 1.807) is 24.3 Å². The summed E-state index contributed by atoms with van der Waals surface area (Å²) in [6.45, 7) is 0.600. The first-order valence-corrected chi connectivity index (χ1v) is 9.50. The molecule has 1 saturated heterocycles. The van der Waals surface area contributed by atoms with E-state index in [2.05, 4.69) is 10.0 Å². The summed E-state index contributed by atoms with van der Waals surface area (Å²) < 4.78 is 27.6. The second kappa shape index (κ2) is 7.15. The minimum atomic E-state index is -3.72. The lowest BCUT2D eigenvalue weighted by molar-refractivity contribution is -0.122. The number of amides is 1. The highest BCUT2D eigenvalue weighted by Crippen LogP contribution is 2.21. The molecule has 6 heteroatoms. The molecule has 24 heavy (non-hydrogen) atoms. The molecule has 1 unspecified atom stereocenters. The molecule has 1 aliphatic heterocycles. The summed E-state index contributed by atoms with van der Waals surface area (Å²) in [4.78, 5) is 12.1. The van der Waals surface area contributed by atoms with Gasteiger partial charge in [0, 0.05) is 6.54 Å². The average molecular weight is 344 g/mol. The smallest absolute Gasteiger partial charge is 0.241 e. The molecule has 5 nitrogen and oxygen atoms in total. The monoisotopic (exact) mass is 344 g/mol. The van der Waals surface area contributed by atoms with E-state index in [0.29, 0.717) is 13.0 Å². The van der Waals surface area contributed by atoms with Crippen LogP contribution in [0.4, 0.5) is 0 Å². The molecule has 0 saturated carbocycles. The zero-order chi connectivity index (χ0) is 17.0. The van der Waals surface area contributed by atoms with Crippen molar-refractivity contribution in [1.29, 1.82) is 0 Å². The van der Waals surface area contributed by atoms with E-state index in [9.17, 15) is 13.2 Å². The number of hydrogen-bond acceptors (Lipinski definition) is 3. The number of benzene rings is 2. The Morgan fingerprint density at radius 1 is 0.917 bits per heavy atom. The van der Waals surface area contributed by atoms with E-state index < -0.39 is 16.1 Å². The van der Waals surface area contributed by atoms with Gasteiger partial charge in [-0.2, -0.15) is 4.72 Å². The molecule has 0 aromatic heterocycles. The van der Waals surface area contributed by atoms with E-state index in [-0.39, 0.29) is 10.8 Å².